The standard InChI is InChI=1S/C15H22O7S/c1-19-14(16)12-8-5-11(6-9-12)7-10-13(15(20-2)21-3)22-23(4,17)18/h5-6,8-9,13,15H,7,10H2,1-4H3. The van der Waals surface area contributed by atoms with Crippen LogP contribution in [-0.2, 0) is 34.9 Å². The molecule has 7 nitrogen and oxygen atoms in total. The lowest BCUT2D eigenvalue weighted by Crippen LogP contribution is -2.34. The lowest BCUT2D eigenvalue weighted by Gasteiger charge is -2.23. The van der Waals surface area contributed by atoms with E-state index in [1.165, 1.54) is 21.3 Å². The summed E-state index contributed by atoms with van der Waals surface area (Å²) in [5.41, 5.74) is 1.37. The second-order valence-corrected chi connectivity index (χ2v) is 6.51. The molecule has 1 rings (SSSR count). The summed E-state index contributed by atoms with van der Waals surface area (Å²) in [7, 11) is 0.512. The van der Waals surface area contributed by atoms with E-state index in [-0.39, 0.29) is 0 Å². The summed E-state index contributed by atoms with van der Waals surface area (Å²) in [5, 5.41) is 0. The van der Waals surface area contributed by atoms with Crippen molar-refractivity contribution in [1.82, 2.24) is 0 Å². The average molecular weight is 346 g/mol. The van der Waals surface area contributed by atoms with E-state index in [0.717, 1.165) is 11.8 Å². The Morgan fingerprint density at radius 1 is 1.09 bits per heavy atom. The number of carbonyl (C=O) groups excluding carboxylic acids is 1. The quantitative estimate of drug-likeness (QED) is 0.379. The van der Waals surface area contributed by atoms with Crippen LogP contribution in [0.25, 0.3) is 0 Å². The normalized spacial score (nSPS) is 13.1. The molecule has 0 saturated heterocycles. The van der Waals surface area contributed by atoms with Gasteiger partial charge in [-0.15, -0.1) is 0 Å². The molecule has 0 fully saturated rings. The van der Waals surface area contributed by atoms with E-state index in [2.05, 4.69) is 4.74 Å². The molecule has 0 aliphatic carbocycles. The minimum absolute atomic E-state index is 0.372. The number of ether oxygens (including phenoxy) is 3. The maximum Gasteiger partial charge on any atom is 0.337 e. The molecule has 1 aromatic rings. The zero-order valence-electron chi connectivity index (χ0n) is 13.6. The van der Waals surface area contributed by atoms with Crippen LogP contribution in [0.4, 0.5) is 0 Å². The van der Waals surface area contributed by atoms with Gasteiger partial charge in [-0.1, -0.05) is 12.1 Å². The number of hydrogen-bond acceptors (Lipinski definition) is 7. The van der Waals surface area contributed by atoms with Crippen molar-refractivity contribution in [3.63, 3.8) is 0 Å². The molecule has 0 radical (unpaired) electrons. The smallest absolute Gasteiger partial charge is 0.337 e. The van der Waals surface area contributed by atoms with Crippen LogP contribution in [0, 0.1) is 0 Å². The van der Waals surface area contributed by atoms with Crippen molar-refractivity contribution < 1.29 is 31.6 Å². The van der Waals surface area contributed by atoms with Gasteiger partial charge in [-0.3, -0.25) is 4.18 Å². The number of esters is 1. The molecule has 0 aromatic heterocycles. The third-order valence-electron chi connectivity index (χ3n) is 3.16. The van der Waals surface area contributed by atoms with E-state index in [1.807, 2.05) is 0 Å². The summed E-state index contributed by atoms with van der Waals surface area (Å²) in [6, 6.07) is 6.85. The van der Waals surface area contributed by atoms with Crippen LogP contribution >= 0.6 is 0 Å². The number of methoxy groups -OCH3 is 3. The van der Waals surface area contributed by atoms with E-state index in [9.17, 15) is 13.2 Å². The Balaban J connectivity index is 2.75. The molecular formula is C15H22O7S. The van der Waals surface area contributed by atoms with Crippen LogP contribution in [0.1, 0.15) is 22.3 Å². The van der Waals surface area contributed by atoms with Crippen molar-refractivity contribution in [3.05, 3.63) is 35.4 Å². The van der Waals surface area contributed by atoms with Gasteiger partial charge in [0.25, 0.3) is 10.1 Å². The number of rotatable bonds is 9. The van der Waals surface area contributed by atoms with Crippen LogP contribution < -0.4 is 0 Å². The topological polar surface area (TPSA) is 88.1 Å². The molecule has 23 heavy (non-hydrogen) atoms. The first kappa shape index (κ1) is 19.6. The third kappa shape index (κ3) is 6.66. The van der Waals surface area contributed by atoms with Crippen LogP contribution in [0.2, 0.25) is 0 Å². The number of hydrogen-bond donors (Lipinski definition) is 0. The number of benzene rings is 1. The van der Waals surface area contributed by atoms with E-state index >= 15 is 0 Å². The maximum absolute atomic E-state index is 11.4. The molecule has 1 unspecified atom stereocenters. The highest BCUT2D eigenvalue weighted by Gasteiger charge is 2.25. The minimum atomic E-state index is -3.64. The second kappa shape index (κ2) is 8.97. The molecule has 0 bridgehead atoms. The Kier molecular flexibility index (Phi) is 7.63. The Morgan fingerprint density at radius 2 is 1.65 bits per heavy atom. The third-order valence-corrected chi connectivity index (χ3v) is 3.76. The van der Waals surface area contributed by atoms with E-state index in [1.54, 1.807) is 24.3 Å². The molecule has 0 amide bonds. The summed E-state index contributed by atoms with van der Waals surface area (Å²) in [6.45, 7) is 0. The lowest BCUT2D eigenvalue weighted by molar-refractivity contribution is -0.156. The van der Waals surface area contributed by atoms with Crippen LogP contribution in [0.5, 0.6) is 0 Å². The van der Waals surface area contributed by atoms with Crippen molar-refractivity contribution in [2.75, 3.05) is 27.6 Å². The van der Waals surface area contributed by atoms with Gasteiger partial charge in [0.05, 0.1) is 18.9 Å². The van der Waals surface area contributed by atoms with Gasteiger partial charge < -0.3 is 14.2 Å². The van der Waals surface area contributed by atoms with Crippen LogP contribution in [0.15, 0.2) is 24.3 Å². The van der Waals surface area contributed by atoms with Gasteiger partial charge in [0, 0.05) is 14.2 Å². The van der Waals surface area contributed by atoms with Crippen LogP contribution in [0.3, 0.4) is 0 Å². The van der Waals surface area contributed by atoms with Crippen molar-refractivity contribution >= 4 is 16.1 Å². The van der Waals surface area contributed by atoms with E-state index in [0.29, 0.717) is 18.4 Å². The lowest BCUT2D eigenvalue weighted by atomic mass is 10.0. The summed E-state index contributed by atoms with van der Waals surface area (Å²) in [6.07, 6.45) is 0.328. The van der Waals surface area contributed by atoms with E-state index in [4.69, 9.17) is 13.7 Å². The highest BCUT2D eigenvalue weighted by Crippen LogP contribution is 2.16. The minimum Gasteiger partial charge on any atom is -0.465 e. The van der Waals surface area contributed by atoms with Gasteiger partial charge in [-0.05, 0) is 30.5 Å². The molecule has 8 heteroatoms. The molecule has 0 N–H and O–H groups in total. The van der Waals surface area contributed by atoms with Gasteiger partial charge in [0.15, 0.2) is 6.29 Å². The Morgan fingerprint density at radius 3 is 2.09 bits per heavy atom. The first-order valence-corrected chi connectivity index (χ1v) is 8.73. The zero-order chi connectivity index (χ0) is 17.5. The molecular weight excluding hydrogens is 324 g/mol. The molecule has 0 aliphatic heterocycles. The molecule has 0 heterocycles. The SMILES string of the molecule is COC(=O)c1ccc(CCC(OS(C)(=O)=O)C(OC)OC)cc1. The molecule has 0 saturated carbocycles. The van der Waals surface area contributed by atoms with Crippen molar-refractivity contribution in [2.24, 2.45) is 0 Å². The van der Waals surface area contributed by atoms with E-state index < -0.39 is 28.5 Å². The summed E-state index contributed by atoms with van der Waals surface area (Å²) >= 11 is 0. The van der Waals surface area contributed by atoms with Gasteiger partial charge in [-0.25, -0.2) is 4.79 Å². The summed E-state index contributed by atoms with van der Waals surface area (Å²) < 4.78 is 42.6. The average Bonchev–Trinajstić information content (AvgIpc) is 2.52. The van der Waals surface area contributed by atoms with Crippen molar-refractivity contribution in [2.45, 2.75) is 25.2 Å². The fraction of sp³-hybridized carbons (Fsp3) is 0.533. The molecule has 0 aliphatic rings. The fourth-order valence-electron chi connectivity index (χ4n) is 2.09. The predicted octanol–water partition coefficient (Wildman–Crippen LogP) is 1.37. The van der Waals surface area contributed by atoms with Gasteiger partial charge in [0.2, 0.25) is 0 Å². The maximum atomic E-state index is 11.4. The molecule has 130 valence electrons. The van der Waals surface area contributed by atoms with Crippen molar-refractivity contribution in [3.8, 4) is 0 Å². The highest BCUT2D eigenvalue weighted by molar-refractivity contribution is 7.86. The predicted molar refractivity (Wildman–Crippen MR) is 83.6 cm³/mol. The fourth-order valence-corrected chi connectivity index (χ4v) is 2.72. The molecule has 0 spiro atoms. The van der Waals surface area contributed by atoms with Crippen LogP contribution in [-0.4, -0.2) is 54.4 Å². The second-order valence-electron chi connectivity index (χ2n) is 4.91. The Bertz CT molecular complexity index is 591. The zero-order valence-corrected chi connectivity index (χ0v) is 14.5. The summed E-state index contributed by atoms with van der Waals surface area (Å²) in [5.74, 6) is -0.409. The first-order valence-electron chi connectivity index (χ1n) is 6.91. The van der Waals surface area contributed by atoms with Gasteiger partial charge in [0.1, 0.15) is 6.10 Å². The largest absolute Gasteiger partial charge is 0.465 e. The number of aryl methyl sites for hydroxylation is 1. The molecule has 1 atom stereocenters. The Labute approximate surface area is 136 Å². The molecule has 1 aromatic carbocycles. The monoisotopic (exact) mass is 346 g/mol. The van der Waals surface area contributed by atoms with Gasteiger partial charge in [-0.2, -0.15) is 8.42 Å². The number of carbonyl (C=O) groups is 1. The first-order chi connectivity index (χ1) is 10.8. The van der Waals surface area contributed by atoms with Gasteiger partial charge >= 0.3 is 5.97 Å². The highest BCUT2D eigenvalue weighted by atomic mass is 32.2. The summed E-state index contributed by atoms with van der Waals surface area (Å²) in [4.78, 5) is 11.4. The van der Waals surface area contributed by atoms with Crippen molar-refractivity contribution in [1.29, 1.82) is 0 Å². The Hall–Kier alpha value is -1.48.